The zero-order valence-corrected chi connectivity index (χ0v) is 13.0. The number of nitrogens with zero attached hydrogens (tertiary/aromatic N) is 2. The molecule has 21 heavy (non-hydrogen) atoms. The van der Waals surface area contributed by atoms with Crippen LogP contribution in [-0.4, -0.2) is 37.1 Å². The van der Waals surface area contributed by atoms with E-state index >= 15 is 0 Å². The number of nitrogens with two attached hydrogens (primary N) is 1. The summed E-state index contributed by atoms with van der Waals surface area (Å²) >= 11 is 1.48. The molecule has 8 heteroatoms. The molecule has 1 saturated carbocycles. The smallest absolute Gasteiger partial charge is 0.343 e. The lowest BCUT2D eigenvalue weighted by Gasteiger charge is -2.26. The number of carbonyl (C=O) groups is 1. The molecule has 0 aromatic carbocycles. The molecule has 4 N–H and O–H groups in total. The molecule has 1 heterocycles. The molecule has 2 unspecified atom stereocenters. The molecule has 0 aliphatic heterocycles. The van der Waals surface area contributed by atoms with Gasteiger partial charge in [-0.25, -0.2) is 9.89 Å². The van der Waals surface area contributed by atoms with Crippen molar-refractivity contribution in [3.8, 4) is 0 Å². The third kappa shape index (κ3) is 3.32. The molecule has 1 fully saturated rings. The van der Waals surface area contributed by atoms with Crippen molar-refractivity contribution in [3.05, 3.63) is 10.5 Å². The second kappa shape index (κ2) is 6.65. The van der Waals surface area contributed by atoms with Gasteiger partial charge in [0.2, 0.25) is 0 Å². The van der Waals surface area contributed by atoms with Crippen LogP contribution in [0.15, 0.2) is 9.95 Å². The lowest BCUT2D eigenvalue weighted by Crippen LogP contribution is -2.51. The fraction of sp³-hybridized carbons (Fsp3) is 0.769. The van der Waals surface area contributed by atoms with E-state index in [2.05, 4.69) is 10.2 Å². The molecule has 0 bridgehead atoms. The first-order valence-corrected chi connectivity index (χ1v) is 8.28. The van der Waals surface area contributed by atoms with E-state index in [1.54, 1.807) is 4.57 Å². The molecule has 1 aliphatic rings. The van der Waals surface area contributed by atoms with Crippen LogP contribution in [-0.2, 0) is 11.3 Å². The number of hydrogen-bond acceptors (Lipinski definition) is 5. The van der Waals surface area contributed by atoms with Crippen molar-refractivity contribution in [2.45, 2.75) is 56.3 Å². The van der Waals surface area contributed by atoms with E-state index in [9.17, 15) is 14.7 Å². The normalized spacial score (nSPS) is 25.3. The zero-order valence-electron chi connectivity index (χ0n) is 12.2. The Morgan fingerprint density at radius 2 is 2.43 bits per heavy atom. The maximum atomic E-state index is 11.6. The Morgan fingerprint density at radius 3 is 3.10 bits per heavy atom. The second-order valence-corrected chi connectivity index (χ2v) is 6.60. The van der Waals surface area contributed by atoms with Crippen molar-refractivity contribution in [1.29, 1.82) is 0 Å². The van der Waals surface area contributed by atoms with Crippen LogP contribution in [0.25, 0.3) is 0 Å². The Hall–Kier alpha value is -1.28. The molecule has 7 nitrogen and oxygen atoms in total. The van der Waals surface area contributed by atoms with E-state index in [0.717, 1.165) is 25.7 Å². The van der Waals surface area contributed by atoms with E-state index in [0.29, 0.717) is 23.9 Å². The standard InChI is InChI=1S/C13H22N4O3S/c1-2-7-17-11(20)15-16-12(17)21-8-5-9-4-3-6-13(9,14)10(18)19/h9H,2-8,14H2,1H3,(H,15,20)(H,18,19). The number of aromatic nitrogens is 3. The first kappa shape index (κ1) is 16.1. The Labute approximate surface area is 127 Å². The molecule has 0 saturated heterocycles. The monoisotopic (exact) mass is 314 g/mol. The van der Waals surface area contributed by atoms with Gasteiger partial charge in [0.15, 0.2) is 5.16 Å². The quantitative estimate of drug-likeness (QED) is 0.648. The predicted octanol–water partition coefficient (Wildman–Crippen LogP) is 1.05. The summed E-state index contributed by atoms with van der Waals surface area (Å²) in [5, 5.41) is 16.4. The molecule has 2 rings (SSSR count). The lowest BCUT2D eigenvalue weighted by atomic mass is 9.86. The van der Waals surface area contributed by atoms with Crippen molar-refractivity contribution in [1.82, 2.24) is 14.8 Å². The number of hydrogen-bond donors (Lipinski definition) is 3. The average Bonchev–Trinajstić information content (AvgIpc) is 2.98. The van der Waals surface area contributed by atoms with Crippen LogP contribution in [0.3, 0.4) is 0 Å². The number of rotatable bonds is 7. The minimum atomic E-state index is -1.09. The zero-order chi connectivity index (χ0) is 15.5. The maximum Gasteiger partial charge on any atom is 0.343 e. The maximum absolute atomic E-state index is 11.6. The van der Waals surface area contributed by atoms with Crippen molar-refractivity contribution in [3.63, 3.8) is 0 Å². The van der Waals surface area contributed by atoms with Gasteiger partial charge in [-0.15, -0.1) is 5.10 Å². The number of aromatic amines is 1. The molecule has 0 radical (unpaired) electrons. The van der Waals surface area contributed by atoms with Crippen LogP contribution in [0.2, 0.25) is 0 Å². The van der Waals surface area contributed by atoms with Gasteiger partial charge in [-0.3, -0.25) is 9.36 Å². The number of thioether (sulfide) groups is 1. The summed E-state index contributed by atoms with van der Waals surface area (Å²) in [4.78, 5) is 22.9. The molecule has 1 aromatic heterocycles. The van der Waals surface area contributed by atoms with Gasteiger partial charge < -0.3 is 10.8 Å². The van der Waals surface area contributed by atoms with E-state index in [1.165, 1.54) is 11.8 Å². The van der Waals surface area contributed by atoms with E-state index in [1.807, 2.05) is 6.92 Å². The van der Waals surface area contributed by atoms with Crippen LogP contribution < -0.4 is 11.4 Å². The van der Waals surface area contributed by atoms with Crippen LogP contribution in [0, 0.1) is 5.92 Å². The number of aliphatic carboxylic acids is 1. The van der Waals surface area contributed by atoms with Gasteiger partial charge in [0.1, 0.15) is 5.54 Å². The molecule has 118 valence electrons. The summed E-state index contributed by atoms with van der Waals surface area (Å²) in [6.07, 6.45) is 3.84. The highest BCUT2D eigenvalue weighted by molar-refractivity contribution is 7.99. The first-order valence-electron chi connectivity index (χ1n) is 7.29. The summed E-state index contributed by atoms with van der Waals surface area (Å²) < 4.78 is 1.62. The molecular formula is C13H22N4O3S. The van der Waals surface area contributed by atoms with E-state index in [4.69, 9.17) is 5.73 Å². The van der Waals surface area contributed by atoms with Gasteiger partial charge in [0.25, 0.3) is 0 Å². The number of H-pyrrole nitrogens is 1. The predicted molar refractivity (Wildman–Crippen MR) is 80.4 cm³/mol. The number of carboxylic acids is 1. The first-order chi connectivity index (χ1) is 9.99. The third-order valence-corrected chi connectivity index (χ3v) is 5.15. The highest BCUT2D eigenvalue weighted by atomic mass is 32.2. The fourth-order valence-corrected chi connectivity index (χ4v) is 3.94. The van der Waals surface area contributed by atoms with Crippen molar-refractivity contribution in [2.75, 3.05) is 5.75 Å². The largest absolute Gasteiger partial charge is 0.480 e. The second-order valence-electron chi connectivity index (χ2n) is 5.53. The summed E-state index contributed by atoms with van der Waals surface area (Å²) in [6, 6.07) is 0. The third-order valence-electron chi connectivity index (χ3n) is 4.14. The topological polar surface area (TPSA) is 114 Å². The molecule has 0 spiro atoms. The van der Waals surface area contributed by atoms with E-state index in [-0.39, 0.29) is 11.6 Å². The Balaban J connectivity index is 1.93. The molecule has 0 amide bonds. The summed E-state index contributed by atoms with van der Waals surface area (Å²) in [5.74, 6) is -0.198. The molecule has 2 atom stereocenters. The number of nitrogens with one attached hydrogen (secondary N) is 1. The Kier molecular flexibility index (Phi) is 5.10. The highest BCUT2D eigenvalue weighted by Gasteiger charge is 2.45. The Morgan fingerprint density at radius 1 is 1.67 bits per heavy atom. The van der Waals surface area contributed by atoms with Crippen LogP contribution >= 0.6 is 11.8 Å². The fourth-order valence-electron chi connectivity index (χ4n) is 2.91. The molecule has 1 aromatic rings. The molecule has 1 aliphatic carbocycles. The van der Waals surface area contributed by atoms with Crippen LogP contribution in [0.1, 0.15) is 39.0 Å². The number of carboxylic acid groups (broad SMARTS) is 1. The Bertz CT molecular complexity index is 556. The van der Waals surface area contributed by atoms with Gasteiger partial charge >= 0.3 is 11.7 Å². The summed E-state index contributed by atoms with van der Waals surface area (Å²) in [5.41, 5.74) is 4.74. The lowest BCUT2D eigenvalue weighted by molar-refractivity contribution is -0.144. The highest BCUT2D eigenvalue weighted by Crippen LogP contribution is 2.37. The minimum Gasteiger partial charge on any atom is -0.480 e. The van der Waals surface area contributed by atoms with E-state index < -0.39 is 11.5 Å². The minimum absolute atomic E-state index is 0.00668. The average molecular weight is 314 g/mol. The van der Waals surface area contributed by atoms with Crippen molar-refractivity contribution < 1.29 is 9.90 Å². The van der Waals surface area contributed by atoms with Crippen molar-refractivity contribution >= 4 is 17.7 Å². The van der Waals surface area contributed by atoms with Gasteiger partial charge in [0, 0.05) is 12.3 Å². The van der Waals surface area contributed by atoms with Gasteiger partial charge in [-0.2, -0.15) is 0 Å². The SMILES string of the molecule is CCCn1c(SCCC2CCCC2(N)C(=O)O)n[nH]c1=O. The summed E-state index contributed by atoms with van der Waals surface area (Å²) in [7, 11) is 0. The van der Waals surface area contributed by atoms with Gasteiger partial charge in [-0.1, -0.05) is 25.1 Å². The molecular weight excluding hydrogens is 292 g/mol. The van der Waals surface area contributed by atoms with Crippen LogP contribution in [0.4, 0.5) is 0 Å². The van der Waals surface area contributed by atoms with Gasteiger partial charge in [0.05, 0.1) is 0 Å². The van der Waals surface area contributed by atoms with Crippen LogP contribution in [0.5, 0.6) is 0 Å². The van der Waals surface area contributed by atoms with Gasteiger partial charge in [-0.05, 0) is 31.6 Å². The van der Waals surface area contributed by atoms with Crippen molar-refractivity contribution in [2.24, 2.45) is 11.7 Å². The summed E-state index contributed by atoms with van der Waals surface area (Å²) in [6.45, 7) is 2.64.